The number of rotatable bonds is 3. The van der Waals surface area contributed by atoms with E-state index in [1.54, 1.807) is 19.2 Å². The zero-order valence-electron chi connectivity index (χ0n) is 7.93. The fraction of sp³-hybridized carbons (Fsp3) is 0.300. The maximum atomic E-state index is 13.2. The normalized spacial score (nSPS) is 12.6. The minimum absolute atomic E-state index is 0.205. The van der Waals surface area contributed by atoms with E-state index in [2.05, 4.69) is 7.05 Å². The standard InChI is InChI=1S/C10H14FNO/c1-12(2)7-8-6-9(13-3)4-5-10(8)11/h4-6,12H,1,7H2,2-3H3. The van der Waals surface area contributed by atoms with Crippen LogP contribution in [0.25, 0.3) is 0 Å². The highest BCUT2D eigenvalue weighted by Crippen LogP contribution is 2.15. The number of hydrogen-bond donors (Lipinski definition) is 1. The van der Waals surface area contributed by atoms with E-state index < -0.39 is 0 Å². The number of methoxy groups -OCH3 is 1. The topological polar surface area (TPSA) is 13.7 Å². The van der Waals surface area contributed by atoms with Crippen LogP contribution in [0.1, 0.15) is 5.56 Å². The smallest absolute Gasteiger partial charge is 0.132 e. The fourth-order valence-electron chi connectivity index (χ4n) is 1.14. The maximum Gasteiger partial charge on any atom is 0.132 e. The Hall–Kier alpha value is -1.09. The van der Waals surface area contributed by atoms with Crippen molar-refractivity contribution in [2.24, 2.45) is 0 Å². The lowest BCUT2D eigenvalue weighted by atomic mass is 10.2. The van der Waals surface area contributed by atoms with Crippen molar-refractivity contribution in [2.45, 2.75) is 6.54 Å². The maximum absolute atomic E-state index is 13.2. The van der Waals surface area contributed by atoms with Gasteiger partial charge in [-0.05, 0) is 18.2 Å². The molecule has 0 radical (unpaired) electrons. The Morgan fingerprint density at radius 2 is 2.23 bits per heavy atom. The third kappa shape index (κ3) is 2.70. The predicted molar refractivity (Wildman–Crippen MR) is 48.9 cm³/mol. The molecule has 0 heterocycles. The van der Waals surface area contributed by atoms with E-state index >= 15 is 0 Å². The van der Waals surface area contributed by atoms with E-state index in [9.17, 15) is 4.39 Å². The minimum Gasteiger partial charge on any atom is -0.497 e. The molecule has 0 aliphatic rings. The van der Waals surface area contributed by atoms with Gasteiger partial charge >= 0.3 is 0 Å². The molecule has 1 aromatic rings. The molecule has 0 aliphatic carbocycles. The van der Waals surface area contributed by atoms with E-state index in [4.69, 9.17) is 4.74 Å². The first-order chi connectivity index (χ1) is 6.13. The van der Waals surface area contributed by atoms with Crippen LogP contribution in [-0.2, 0) is 6.54 Å². The molecule has 1 rings (SSSR count). The summed E-state index contributed by atoms with van der Waals surface area (Å²) >= 11 is 0. The monoisotopic (exact) mass is 183 g/mol. The van der Waals surface area contributed by atoms with E-state index in [-0.39, 0.29) is 5.82 Å². The number of nitrogens with one attached hydrogen (secondary N) is 1. The molecular formula is C10H14FNO. The minimum atomic E-state index is -0.205. The Kier molecular flexibility index (Phi) is 3.25. The number of quaternary nitrogens is 1. The summed E-state index contributed by atoms with van der Waals surface area (Å²) in [7, 11) is 7.18. The quantitative estimate of drug-likeness (QED) is 0.679. The number of hydrogen-bond acceptors (Lipinski definition) is 1. The highest BCUT2D eigenvalue weighted by atomic mass is 19.1. The number of ether oxygens (including phenoxy) is 1. The van der Waals surface area contributed by atoms with Gasteiger partial charge in [-0.3, -0.25) is 0 Å². The molecular weight excluding hydrogens is 169 g/mol. The molecule has 0 bridgehead atoms. The van der Waals surface area contributed by atoms with E-state index in [1.165, 1.54) is 6.07 Å². The van der Waals surface area contributed by atoms with Crippen molar-refractivity contribution in [2.75, 3.05) is 14.2 Å². The van der Waals surface area contributed by atoms with E-state index in [0.717, 1.165) is 4.90 Å². The second-order valence-corrected chi connectivity index (χ2v) is 3.09. The lowest BCUT2D eigenvalue weighted by Crippen LogP contribution is -3.01. The number of benzene rings is 1. The average Bonchev–Trinajstić information content (AvgIpc) is 2.08. The van der Waals surface area contributed by atoms with Crippen molar-refractivity contribution >= 4 is 0 Å². The van der Waals surface area contributed by atoms with Crippen molar-refractivity contribution in [1.82, 2.24) is 0 Å². The second-order valence-electron chi connectivity index (χ2n) is 3.09. The Balaban J connectivity index is 2.90. The molecule has 1 unspecified atom stereocenters. The van der Waals surface area contributed by atoms with Gasteiger partial charge in [0.05, 0.1) is 13.7 Å². The summed E-state index contributed by atoms with van der Waals surface area (Å²) in [5.74, 6) is 0.474. The average molecular weight is 183 g/mol. The first-order valence-electron chi connectivity index (χ1n) is 4.10. The molecule has 1 aromatic carbocycles. The summed E-state index contributed by atoms with van der Waals surface area (Å²) in [4.78, 5) is 0.937. The van der Waals surface area contributed by atoms with Crippen molar-refractivity contribution in [3.05, 3.63) is 36.6 Å². The third-order valence-electron chi connectivity index (χ3n) is 1.75. The van der Waals surface area contributed by atoms with Gasteiger partial charge in [-0.15, -0.1) is 0 Å². The first kappa shape index (κ1) is 9.99. The van der Waals surface area contributed by atoms with Crippen LogP contribution in [0.3, 0.4) is 0 Å². The Morgan fingerprint density at radius 1 is 1.54 bits per heavy atom. The summed E-state index contributed by atoms with van der Waals surface area (Å²) in [5, 5.41) is 0. The van der Waals surface area contributed by atoms with Crippen LogP contribution in [0.2, 0.25) is 0 Å². The molecule has 0 saturated carbocycles. The van der Waals surface area contributed by atoms with Crippen molar-refractivity contribution in [3.8, 4) is 5.75 Å². The zero-order chi connectivity index (χ0) is 9.84. The van der Waals surface area contributed by atoms with E-state index in [1.807, 2.05) is 7.05 Å². The molecule has 0 aromatic heterocycles. The van der Waals surface area contributed by atoms with Gasteiger partial charge in [-0.25, -0.2) is 4.39 Å². The van der Waals surface area contributed by atoms with Gasteiger partial charge in [-0.1, -0.05) is 0 Å². The SMILES string of the molecule is [CH2-][NH+](C)Cc1cc(OC)ccc1F. The molecule has 13 heavy (non-hydrogen) atoms. The lowest BCUT2D eigenvalue weighted by Gasteiger charge is -2.14. The molecule has 0 saturated heterocycles. The van der Waals surface area contributed by atoms with Crippen molar-refractivity contribution in [3.63, 3.8) is 0 Å². The van der Waals surface area contributed by atoms with Gasteiger partial charge in [0.2, 0.25) is 0 Å². The van der Waals surface area contributed by atoms with Crippen LogP contribution in [0, 0.1) is 12.9 Å². The van der Waals surface area contributed by atoms with Crippen LogP contribution in [0.15, 0.2) is 18.2 Å². The first-order valence-corrected chi connectivity index (χ1v) is 4.10. The summed E-state index contributed by atoms with van der Waals surface area (Å²) in [6.45, 7) is 0.559. The molecule has 1 atom stereocenters. The van der Waals surface area contributed by atoms with Crippen molar-refractivity contribution < 1.29 is 14.0 Å². The van der Waals surface area contributed by atoms with E-state index in [0.29, 0.717) is 17.9 Å². The van der Waals surface area contributed by atoms with Crippen LogP contribution >= 0.6 is 0 Å². The molecule has 72 valence electrons. The summed E-state index contributed by atoms with van der Waals surface area (Å²) < 4.78 is 18.2. The Labute approximate surface area is 77.9 Å². The molecule has 0 fully saturated rings. The molecule has 0 spiro atoms. The highest BCUT2D eigenvalue weighted by molar-refractivity contribution is 5.29. The number of halogens is 1. The van der Waals surface area contributed by atoms with Gasteiger partial charge in [-0.2, -0.15) is 7.05 Å². The highest BCUT2D eigenvalue weighted by Gasteiger charge is 2.04. The van der Waals surface area contributed by atoms with Crippen molar-refractivity contribution in [1.29, 1.82) is 0 Å². The largest absolute Gasteiger partial charge is 0.497 e. The molecule has 3 heteroatoms. The third-order valence-corrected chi connectivity index (χ3v) is 1.75. The second kappa shape index (κ2) is 4.23. The Bertz CT molecular complexity index is 286. The summed E-state index contributed by atoms with van der Waals surface area (Å²) in [6.07, 6.45) is 0. The molecule has 1 N–H and O–H groups in total. The molecule has 0 amide bonds. The molecule has 2 nitrogen and oxygen atoms in total. The van der Waals surface area contributed by atoms with Gasteiger partial charge < -0.3 is 9.64 Å². The summed E-state index contributed by atoms with van der Waals surface area (Å²) in [5.41, 5.74) is 0.631. The molecule has 0 aliphatic heterocycles. The fourth-order valence-corrected chi connectivity index (χ4v) is 1.14. The van der Waals surface area contributed by atoms with Crippen LogP contribution in [0.4, 0.5) is 4.39 Å². The summed E-state index contributed by atoms with van der Waals surface area (Å²) in [6, 6.07) is 4.72. The van der Waals surface area contributed by atoms with Gasteiger partial charge in [0, 0.05) is 12.6 Å². The lowest BCUT2D eigenvalue weighted by molar-refractivity contribution is -0.846. The predicted octanol–water partition coefficient (Wildman–Crippen LogP) is 0.641. The van der Waals surface area contributed by atoms with Crippen LogP contribution in [-0.4, -0.2) is 14.2 Å². The van der Waals surface area contributed by atoms with Gasteiger partial charge in [0.15, 0.2) is 0 Å². The van der Waals surface area contributed by atoms with Gasteiger partial charge in [0.1, 0.15) is 11.6 Å². The van der Waals surface area contributed by atoms with Gasteiger partial charge in [0.25, 0.3) is 0 Å². The Morgan fingerprint density at radius 3 is 2.77 bits per heavy atom. The zero-order valence-corrected chi connectivity index (χ0v) is 7.93. The van der Waals surface area contributed by atoms with Crippen LogP contribution < -0.4 is 9.64 Å². The van der Waals surface area contributed by atoms with Crippen LogP contribution in [0.5, 0.6) is 5.75 Å².